The molecule has 2 amide bonds. The summed E-state index contributed by atoms with van der Waals surface area (Å²) >= 11 is 0. The van der Waals surface area contributed by atoms with Gasteiger partial charge < -0.3 is 20.4 Å². The molecule has 0 unspecified atom stereocenters. The number of anilines is 1. The van der Waals surface area contributed by atoms with Gasteiger partial charge in [0.2, 0.25) is 0 Å². The van der Waals surface area contributed by atoms with Gasteiger partial charge in [-0.1, -0.05) is 19.1 Å². The number of benzene rings is 1. The van der Waals surface area contributed by atoms with Crippen LogP contribution >= 0.6 is 24.0 Å². The van der Waals surface area contributed by atoms with Crippen molar-refractivity contribution in [3.8, 4) is 0 Å². The third-order valence-corrected chi connectivity index (χ3v) is 5.40. The van der Waals surface area contributed by atoms with Crippen LogP contribution in [0.4, 0.5) is 10.5 Å². The van der Waals surface area contributed by atoms with Crippen LogP contribution in [0, 0.1) is 5.92 Å². The lowest BCUT2D eigenvalue weighted by atomic mass is 10.00. The molecule has 1 aromatic carbocycles. The quantitative estimate of drug-likeness (QED) is 0.372. The topological polar surface area (TPSA) is 60.0 Å². The van der Waals surface area contributed by atoms with Crippen LogP contribution in [0.3, 0.4) is 0 Å². The van der Waals surface area contributed by atoms with E-state index >= 15 is 0 Å². The van der Waals surface area contributed by atoms with Crippen molar-refractivity contribution in [1.82, 2.24) is 15.1 Å². The summed E-state index contributed by atoms with van der Waals surface area (Å²) < 4.78 is 0. The number of hydrogen-bond donors (Lipinski definition) is 2. The number of hydrogen-bond acceptors (Lipinski definition) is 2. The normalized spacial score (nSPS) is 18.0. The molecule has 3 rings (SSSR count). The molecule has 0 saturated carbocycles. The molecule has 0 radical (unpaired) electrons. The summed E-state index contributed by atoms with van der Waals surface area (Å²) in [6.45, 7) is 9.77. The zero-order valence-electron chi connectivity index (χ0n) is 17.1. The van der Waals surface area contributed by atoms with Gasteiger partial charge in [-0.3, -0.25) is 0 Å². The lowest BCUT2D eigenvalue weighted by Crippen LogP contribution is -2.45. The fourth-order valence-electron chi connectivity index (χ4n) is 3.68. The van der Waals surface area contributed by atoms with Gasteiger partial charge >= 0.3 is 6.03 Å². The summed E-state index contributed by atoms with van der Waals surface area (Å²) in [5.74, 6) is 1.80. The van der Waals surface area contributed by atoms with E-state index in [2.05, 4.69) is 35.4 Å². The minimum absolute atomic E-state index is 0. The molecule has 0 aliphatic carbocycles. The van der Waals surface area contributed by atoms with Crippen molar-refractivity contribution in [2.75, 3.05) is 38.0 Å². The second kappa shape index (κ2) is 11.5. The molecule has 0 bridgehead atoms. The van der Waals surface area contributed by atoms with E-state index in [1.807, 2.05) is 23.1 Å². The van der Waals surface area contributed by atoms with Crippen LogP contribution in [0.15, 0.2) is 29.3 Å². The third-order valence-electron chi connectivity index (χ3n) is 5.40. The van der Waals surface area contributed by atoms with Crippen molar-refractivity contribution in [1.29, 1.82) is 0 Å². The maximum atomic E-state index is 12.3. The number of guanidine groups is 1. The Morgan fingerprint density at radius 2 is 1.86 bits per heavy atom. The number of carbonyl (C=O) groups is 1. The lowest BCUT2D eigenvalue weighted by molar-refractivity contribution is 0.222. The van der Waals surface area contributed by atoms with Gasteiger partial charge in [-0.2, -0.15) is 0 Å². The molecule has 2 saturated heterocycles. The molecule has 156 valence electrons. The first-order valence-electron chi connectivity index (χ1n) is 10.3. The summed E-state index contributed by atoms with van der Waals surface area (Å²) in [5.41, 5.74) is 1.95. The SMILES string of the molecule is CCNC(=NCc1cccc(NC(=O)N2CCCC2)c1)N1CCC(C)CC1.I. The zero-order chi connectivity index (χ0) is 19.1. The average Bonchev–Trinajstić information content (AvgIpc) is 3.21. The monoisotopic (exact) mass is 499 g/mol. The number of halogens is 1. The van der Waals surface area contributed by atoms with E-state index in [9.17, 15) is 4.79 Å². The summed E-state index contributed by atoms with van der Waals surface area (Å²) in [7, 11) is 0. The first-order valence-corrected chi connectivity index (χ1v) is 10.3. The highest BCUT2D eigenvalue weighted by Crippen LogP contribution is 2.17. The number of rotatable bonds is 4. The molecule has 2 N–H and O–H groups in total. The number of nitrogens with zero attached hydrogens (tertiary/aromatic N) is 3. The van der Waals surface area contributed by atoms with Crippen molar-refractivity contribution < 1.29 is 4.79 Å². The Balaban J connectivity index is 0.00000280. The van der Waals surface area contributed by atoms with Gasteiger partial charge in [-0.25, -0.2) is 9.79 Å². The summed E-state index contributed by atoms with van der Waals surface area (Å²) in [4.78, 5) is 21.4. The molecule has 0 aromatic heterocycles. The van der Waals surface area contributed by atoms with Gasteiger partial charge in [0.1, 0.15) is 0 Å². The Labute approximate surface area is 186 Å². The highest BCUT2D eigenvalue weighted by atomic mass is 127. The van der Waals surface area contributed by atoms with Crippen LogP contribution in [-0.4, -0.2) is 54.5 Å². The summed E-state index contributed by atoms with van der Waals surface area (Å²) in [6, 6.07) is 8.03. The van der Waals surface area contributed by atoms with E-state index in [0.29, 0.717) is 6.54 Å². The molecule has 2 aliphatic heterocycles. The minimum atomic E-state index is 0. The van der Waals surface area contributed by atoms with Gasteiger partial charge in [0.25, 0.3) is 0 Å². The minimum Gasteiger partial charge on any atom is -0.357 e. The van der Waals surface area contributed by atoms with E-state index in [4.69, 9.17) is 4.99 Å². The lowest BCUT2D eigenvalue weighted by Gasteiger charge is -2.33. The number of aliphatic imine (C=N–C) groups is 1. The second-order valence-corrected chi connectivity index (χ2v) is 7.66. The molecular formula is C21H34IN5O. The Bertz CT molecular complexity index is 652. The summed E-state index contributed by atoms with van der Waals surface area (Å²) in [6.07, 6.45) is 4.65. The Morgan fingerprint density at radius 1 is 1.14 bits per heavy atom. The van der Waals surface area contributed by atoms with E-state index in [1.54, 1.807) is 0 Å². The van der Waals surface area contributed by atoms with Gasteiger partial charge in [0, 0.05) is 38.4 Å². The first-order chi connectivity index (χ1) is 13.2. The molecule has 0 atom stereocenters. The number of piperidine rings is 1. The van der Waals surface area contributed by atoms with Gasteiger partial charge in [0.15, 0.2) is 5.96 Å². The predicted octanol–water partition coefficient (Wildman–Crippen LogP) is 4.13. The van der Waals surface area contributed by atoms with Crippen LogP contribution < -0.4 is 10.6 Å². The van der Waals surface area contributed by atoms with Crippen LogP contribution in [0.1, 0.15) is 45.1 Å². The van der Waals surface area contributed by atoms with Gasteiger partial charge in [0.05, 0.1) is 6.54 Å². The fourth-order valence-corrected chi connectivity index (χ4v) is 3.68. The van der Waals surface area contributed by atoms with Crippen LogP contribution in [0.25, 0.3) is 0 Å². The maximum absolute atomic E-state index is 12.3. The van der Waals surface area contributed by atoms with E-state index < -0.39 is 0 Å². The van der Waals surface area contributed by atoms with Crippen LogP contribution in [0.5, 0.6) is 0 Å². The van der Waals surface area contributed by atoms with Crippen molar-refractivity contribution in [3.05, 3.63) is 29.8 Å². The number of nitrogens with one attached hydrogen (secondary N) is 2. The molecular weight excluding hydrogens is 465 g/mol. The van der Waals surface area contributed by atoms with Gasteiger partial charge in [-0.15, -0.1) is 24.0 Å². The molecule has 0 spiro atoms. The van der Waals surface area contributed by atoms with E-state index in [-0.39, 0.29) is 30.0 Å². The van der Waals surface area contributed by atoms with Crippen molar-refractivity contribution in [2.24, 2.45) is 10.9 Å². The van der Waals surface area contributed by atoms with Gasteiger partial charge in [-0.05, 0) is 56.2 Å². The van der Waals surface area contributed by atoms with Crippen molar-refractivity contribution in [2.45, 2.75) is 46.1 Å². The Morgan fingerprint density at radius 3 is 2.54 bits per heavy atom. The number of carbonyl (C=O) groups excluding carboxylic acids is 1. The Kier molecular flexibility index (Phi) is 9.34. The third kappa shape index (κ3) is 6.53. The number of likely N-dealkylation sites (tertiary alicyclic amines) is 2. The molecule has 2 heterocycles. The predicted molar refractivity (Wildman–Crippen MR) is 126 cm³/mol. The Hall–Kier alpha value is -1.51. The van der Waals surface area contributed by atoms with E-state index in [0.717, 1.165) is 68.7 Å². The molecule has 1 aromatic rings. The first kappa shape index (κ1) is 22.8. The molecule has 6 nitrogen and oxygen atoms in total. The molecule has 2 fully saturated rings. The number of urea groups is 1. The molecule has 28 heavy (non-hydrogen) atoms. The molecule has 2 aliphatic rings. The summed E-state index contributed by atoms with van der Waals surface area (Å²) in [5, 5.41) is 6.44. The highest BCUT2D eigenvalue weighted by molar-refractivity contribution is 14.0. The second-order valence-electron chi connectivity index (χ2n) is 7.66. The smallest absolute Gasteiger partial charge is 0.321 e. The van der Waals surface area contributed by atoms with E-state index in [1.165, 1.54) is 12.8 Å². The fraction of sp³-hybridized carbons (Fsp3) is 0.619. The largest absolute Gasteiger partial charge is 0.357 e. The number of amides is 2. The van der Waals surface area contributed by atoms with Crippen LogP contribution in [0.2, 0.25) is 0 Å². The van der Waals surface area contributed by atoms with Crippen molar-refractivity contribution in [3.63, 3.8) is 0 Å². The average molecular weight is 499 g/mol. The highest BCUT2D eigenvalue weighted by Gasteiger charge is 2.19. The van der Waals surface area contributed by atoms with Crippen LogP contribution in [-0.2, 0) is 6.54 Å². The maximum Gasteiger partial charge on any atom is 0.321 e. The molecule has 7 heteroatoms. The zero-order valence-corrected chi connectivity index (χ0v) is 19.4. The van der Waals surface area contributed by atoms with Crippen molar-refractivity contribution >= 4 is 41.7 Å². The standard InChI is InChI=1S/C21H33N5O.HI/c1-3-22-20(25-13-9-17(2)10-14-25)23-16-18-7-6-8-19(15-18)24-21(27)26-11-4-5-12-26;/h6-8,15,17H,3-5,9-14,16H2,1-2H3,(H,22,23)(H,24,27);1H.